The minimum absolute atomic E-state index is 0.207. The lowest BCUT2D eigenvalue weighted by molar-refractivity contribution is 0.218. The van der Waals surface area contributed by atoms with Gasteiger partial charge in [0.1, 0.15) is 0 Å². The number of ether oxygens (including phenoxy) is 1. The molecule has 0 unspecified atom stereocenters. The predicted molar refractivity (Wildman–Crippen MR) is 54.3 cm³/mol. The van der Waals surface area contributed by atoms with E-state index in [0.29, 0.717) is 6.54 Å². The lowest BCUT2D eigenvalue weighted by atomic mass is 10.4. The van der Waals surface area contributed by atoms with E-state index in [1.807, 2.05) is 13.1 Å². The zero-order chi connectivity index (χ0) is 9.68. The predicted octanol–water partition coefficient (Wildman–Crippen LogP) is 1.18. The Morgan fingerprint density at radius 1 is 1.54 bits per heavy atom. The first-order valence-corrected chi connectivity index (χ1v) is 5.00. The maximum absolute atomic E-state index is 8.70. The van der Waals surface area contributed by atoms with E-state index in [4.69, 9.17) is 9.84 Å². The molecule has 0 aromatic carbocycles. The van der Waals surface area contributed by atoms with Gasteiger partial charge in [-0.25, -0.2) is 0 Å². The number of likely N-dealkylation sites (N-methyl/N-ethyl adjacent to an activating group) is 1. The molecule has 13 heavy (non-hydrogen) atoms. The summed E-state index contributed by atoms with van der Waals surface area (Å²) in [6.07, 6.45) is 0. The van der Waals surface area contributed by atoms with Gasteiger partial charge in [-0.2, -0.15) is 0 Å². The average Bonchev–Trinajstić information content (AvgIpc) is 2.52. The molecule has 0 saturated heterocycles. The van der Waals surface area contributed by atoms with E-state index in [1.165, 1.54) is 4.88 Å². The van der Waals surface area contributed by atoms with Gasteiger partial charge in [0.25, 0.3) is 0 Å². The summed E-state index contributed by atoms with van der Waals surface area (Å²) in [4.78, 5) is 3.33. The Bertz CT molecular complexity index is 250. The van der Waals surface area contributed by atoms with Crippen molar-refractivity contribution in [2.24, 2.45) is 0 Å². The van der Waals surface area contributed by atoms with Gasteiger partial charge in [0.05, 0.1) is 13.7 Å². The fourth-order valence-corrected chi connectivity index (χ4v) is 1.97. The number of hydrogen-bond donors (Lipinski definition) is 1. The number of aliphatic hydroxyl groups is 1. The summed E-state index contributed by atoms with van der Waals surface area (Å²) in [6.45, 7) is 1.79. The Kier molecular flexibility index (Phi) is 4.21. The summed E-state index contributed by atoms with van der Waals surface area (Å²) in [5, 5.41) is 9.64. The summed E-state index contributed by atoms with van der Waals surface area (Å²) in [6, 6.07) is 4.02. The van der Waals surface area contributed by atoms with Gasteiger partial charge in [0, 0.05) is 18.0 Å². The van der Waals surface area contributed by atoms with Crippen LogP contribution in [0.25, 0.3) is 0 Å². The molecule has 0 fully saturated rings. The zero-order valence-electron chi connectivity index (χ0n) is 7.99. The van der Waals surface area contributed by atoms with Crippen molar-refractivity contribution in [3.8, 4) is 5.06 Å². The van der Waals surface area contributed by atoms with E-state index in [-0.39, 0.29) is 6.61 Å². The largest absolute Gasteiger partial charge is 0.487 e. The smallest absolute Gasteiger partial charge is 0.173 e. The van der Waals surface area contributed by atoms with E-state index < -0.39 is 0 Å². The summed E-state index contributed by atoms with van der Waals surface area (Å²) < 4.78 is 5.09. The number of methoxy groups -OCH3 is 1. The summed E-state index contributed by atoms with van der Waals surface area (Å²) in [7, 11) is 3.66. The molecule has 4 heteroatoms. The molecular weight excluding hydrogens is 186 g/mol. The Morgan fingerprint density at radius 2 is 2.31 bits per heavy atom. The van der Waals surface area contributed by atoms with Crippen LogP contribution in [0, 0.1) is 0 Å². The molecule has 1 aromatic rings. The minimum atomic E-state index is 0.207. The topological polar surface area (TPSA) is 32.7 Å². The van der Waals surface area contributed by atoms with Crippen molar-refractivity contribution in [1.82, 2.24) is 4.90 Å². The van der Waals surface area contributed by atoms with E-state index in [1.54, 1.807) is 18.4 Å². The average molecular weight is 201 g/mol. The van der Waals surface area contributed by atoms with Crippen LogP contribution in [-0.2, 0) is 6.54 Å². The fraction of sp³-hybridized carbons (Fsp3) is 0.556. The molecular formula is C9H15NO2S. The Balaban J connectivity index is 2.44. The second kappa shape index (κ2) is 5.21. The SMILES string of the molecule is COc1ccc(CN(C)CCO)s1. The van der Waals surface area contributed by atoms with Crippen molar-refractivity contribution in [1.29, 1.82) is 0 Å². The quantitative estimate of drug-likeness (QED) is 0.776. The first-order valence-electron chi connectivity index (χ1n) is 4.18. The molecule has 0 aliphatic rings. The van der Waals surface area contributed by atoms with E-state index in [9.17, 15) is 0 Å². The fourth-order valence-electron chi connectivity index (χ4n) is 1.07. The molecule has 0 saturated carbocycles. The maximum atomic E-state index is 8.70. The highest BCUT2D eigenvalue weighted by Gasteiger charge is 2.02. The van der Waals surface area contributed by atoms with E-state index >= 15 is 0 Å². The van der Waals surface area contributed by atoms with Crippen molar-refractivity contribution in [3.05, 3.63) is 17.0 Å². The summed E-state index contributed by atoms with van der Waals surface area (Å²) >= 11 is 1.64. The molecule has 0 radical (unpaired) electrons. The van der Waals surface area contributed by atoms with Gasteiger partial charge in [-0.3, -0.25) is 4.90 Å². The highest BCUT2D eigenvalue weighted by atomic mass is 32.1. The van der Waals surface area contributed by atoms with Gasteiger partial charge in [0.15, 0.2) is 5.06 Å². The first-order chi connectivity index (χ1) is 6.26. The Hall–Kier alpha value is -0.580. The molecule has 0 atom stereocenters. The molecule has 0 aliphatic heterocycles. The van der Waals surface area contributed by atoms with Crippen LogP contribution in [0.5, 0.6) is 5.06 Å². The molecule has 0 bridgehead atoms. The summed E-state index contributed by atoms with van der Waals surface area (Å²) in [5.74, 6) is 0. The second-order valence-electron chi connectivity index (χ2n) is 2.89. The minimum Gasteiger partial charge on any atom is -0.487 e. The monoisotopic (exact) mass is 201 g/mol. The number of aliphatic hydroxyl groups excluding tert-OH is 1. The Labute approximate surface area is 82.6 Å². The van der Waals surface area contributed by atoms with Crippen LogP contribution in [0.3, 0.4) is 0 Å². The van der Waals surface area contributed by atoms with Gasteiger partial charge in [-0.1, -0.05) is 0 Å². The lowest BCUT2D eigenvalue weighted by Crippen LogP contribution is -2.20. The van der Waals surface area contributed by atoms with Crippen LogP contribution < -0.4 is 4.74 Å². The van der Waals surface area contributed by atoms with E-state index in [2.05, 4.69) is 11.0 Å². The van der Waals surface area contributed by atoms with Crippen LogP contribution in [0.1, 0.15) is 4.88 Å². The third kappa shape index (κ3) is 3.34. The van der Waals surface area contributed by atoms with Crippen molar-refractivity contribution < 1.29 is 9.84 Å². The molecule has 0 amide bonds. The lowest BCUT2D eigenvalue weighted by Gasteiger charge is -2.12. The number of thiophene rings is 1. The molecule has 3 nitrogen and oxygen atoms in total. The third-order valence-electron chi connectivity index (χ3n) is 1.75. The van der Waals surface area contributed by atoms with Gasteiger partial charge < -0.3 is 9.84 Å². The highest BCUT2D eigenvalue weighted by Crippen LogP contribution is 2.24. The second-order valence-corrected chi connectivity index (χ2v) is 4.02. The number of rotatable bonds is 5. The number of nitrogens with zero attached hydrogens (tertiary/aromatic N) is 1. The van der Waals surface area contributed by atoms with Crippen molar-refractivity contribution in [3.63, 3.8) is 0 Å². The standard InChI is InChI=1S/C9H15NO2S/c1-10(5-6-11)7-8-3-4-9(12-2)13-8/h3-4,11H,5-7H2,1-2H3. The highest BCUT2D eigenvalue weighted by molar-refractivity contribution is 7.13. The van der Waals surface area contributed by atoms with Gasteiger partial charge in [-0.15, -0.1) is 11.3 Å². The molecule has 0 spiro atoms. The molecule has 74 valence electrons. The van der Waals surface area contributed by atoms with Crippen LogP contribution in [0.2, 0.25) is 0 Å². The van der Waals surface area contributed by atoms with Crippen LogP contribution in [0.15, 0.2) is 12.1 Å². The van der Waals surface area contributed by atoms with Crippen LogP contribution in [0.4, 0.5) is 0 Å². The molecule has 1 aromatic heterocycles. The molecule has 1 N–H and O–H groups in total. The zero-order valence-corrected chi connectivity index (χ0v) is 8.80. The Morgan fingerprint density at radius 3 is 2.85 bits per heavy atom. The van der Waals surface area contributed by atoms with E-state index in [0.717, 1.165) is 11.6 Å². The van der Waals surface area contributed by atoms with Crippen molar-refractivity contribution >= 4 is 11.3 Å². The van der Waals surface area contributed by atoms with Crippen molar-refractivity contribution in [2.75, 3.05) is 27.3 Å². The molecule has 1 rings (SSSR count). The van der Waals surface area contributed by atoms with Gasteiger partial charge >= 0.3 is 0 Å². The molecule has 1 heterocycles. The van der Waals surface area contributed by atoms with Crippen molar-refractivity contribution in [2.45, 2.75) is 6.54 Å². The first kappa shape index (κ1) is 10.5. The molecule has 0 aliphatic carbocycles. The van der Waals surface area contributed by atoms with Crippen LogP contribution >= 0.6 is 11.3 Å². The maximum Gasteiger partial charge on any atom is 0.173 e. The third-order valence-corrected chi connectivity index (χ3v) is 2.78. The summed E-state index contributed by atoms with van der Waals surface area (Å²) in [5.41, 5.74) is 0. The normalized spacial score (nSPS) is 10.8. The van der Waals surface area contributed by atoms with Crippen LogP contribution in [-0.4, -0.2) is 37.3 Å². The van der Waals surface area contributed by atoms with Gasteiger partial charge in [0.2, 0.25) is 0 Å². The number of hydrogen-bond acceptors (Lipinski definition) is 4. The van der Waals surface area contributed by atoms with Gasteiger partial charge in [-0.05, 0) is 19.2 Å².